The first kappa shape index (κ1) is 15.7. The van der Waals surface area contributed by atoms with Gasteiger partial charge in [-0.3, -0.25) is 0 Å². The molecule has 0 fully saturated rings. The lowest BCUT2D eigenvalue weighted by molar-refractivity contribution is 0.482. The largest absolute Gasteiger partial charge is 0.457 e. The van der Waals surface area contributed by atoms with E-state index >= 15 is 0 Å². The first-order chi connectivity index (χ1) is 11.7. The summed E-state index contributed by atoms with van der Waals surface area (Å²) in [6, 6.07) is 19.3. The van der Waals surface area contributed by atoms with Crippen molar-refractivity contribution in [2.24, 2.45) is 5.10 Å². The Balaban J connectivity index is 1.68. The molecule has 0 amide bonds. The number of aromatic nitrogens is 2. The van der Waals surface area contributed by atoms with Gasteiger partial charge in [-0.1, -0.05) is 30.3 Å². The second kappa shape index (κ2) is 7.37. The molecule has 1 N–H and O–H groups in total. The summed E-state index contributed by atoms with van der Waals surface area (Å²) in [5.74, 6) is 2.04. The Kier molecular flexibility index (Phi) is 4.81. The maximum atomic E-state index is 5.81. The molecule has 0 saturated heterocycles. The minimum atomic E-state index is 0.487. The van der Waals surface area contributed by atoms with Crippen LogP contribution in [0.3, 0.4) is 0 Å². The van der Waals surface area contributed by atoms with Gasteiger partial charge in [-0.25, -0.2) is 15.4 Å². The standard InChI is InChI=1S/C19H18N4O/c1-14-11-15(2)22-19(21-14)23-20-13-16-7-6-10-18(12-16)24-17-8-4-3-5-9-17/h3-13H,1-2H3,(H,21,22,23)/b20-13+. The van der Waals surface area contributed by atoms with Crippen LogP contribution in [0.2, 0.25) is 0 Å². The van der Waals surface area contributed by atoms with Gasteiger partial charge in [-0.15, -0.1) is 0 Å². The molecule has 0 unspecified atom stereocenters. The van der Waals surface area contributed by atoms with E-state index in [1.165, 1.54) is 0 Å². The molecule has 3 aromatic rings. The van der Waals surface area contributed by atoms with E-state index in [4.69, 9.17) is 4.74 Å². The van der Waals surface area contributed by atoms with Crippen LogP contribution in [0.5, 0.6) is 11.5 Å². The zero-order valence-electron chi connectivity index (χ0n) is 13.6. The molecule has 0 aliphatic heterocycles. The fourth-order valence-corrected chi connectivity index (χ4v) is 2.22. The molecule has 0 radical (unpaired) electrons. The van der Waals surface area contributed by atoms with Crippen molar-refractivity contribution in [3.05, 3.63) is 77.6 Å². The van der Waals surface area contributed by atoms with E-state index in [1.807, 2.05) is 74.5 Å². The summed E-state index contributed by atoms with van der Waals surface area (Å²) in [6.45, 7) is 3.85. The number of hydrogen-bond donors (Lipinski definition) is 1. The summed E-state index contributed by atoms with van der Waals surface area (Å²) in [7, 11) is 0. The molecular formula is C19H18N4O. The summed E-state index contributed by atoms with van der Waals surface area (Å²) < 4.78 is 5.81. The van der Waals surface area contributed by atoms with Crippen molar-refractivity contribution in [3.8, 4) is 11.5 Å². The summed E-state index contributed by atoms with van der Waals surface area (Å²) in [5, 5.41) is 4.19. The van der Waals surface area contributed by atoms with Crippen molar-refractivity contribution in [3.63, 3.8) is 0 Å². The highest BCUT2D eigenvalue weighted by molar-refractivity contribution is 5.80. The van der Waals surface area contributed by atoms with E-state index in [9.17, 15) is 0 Å². The second-order valence-corrected chi connectivity index (χ2v) is 5.33. The molecular weight excluding hydrogens is 300 g/mol. The number of hydrazone groups is 1. The number of nitrogens with one attached hydrogen (secondary N) is 1. The Morgan fingerprint density at radius 3 is 2.33 bits per heavy atom. The van der Waals surface area contributed by atoms with Gasteiger partial charge in [0.1, 0.15) is 11.5 Å². The maximum Gasteiger partial charge on any atom is 0.243 e. The fourth-order valence-electron chi connectivity index (χ4n) is 2.22. The quantitative estimate of drug-likeness (QED) is 0.562. The Morgan fingerprint density at radius 2 is 1.58 bits per heavy atom. The zero-order chi connectivity index (χ0) is 16.8. The minimum absolute atomic E-state index is 0.487. The van der Waals surface area contributed by atoms with E-state index in [2.05, 4.69) is 20.5 Å². The molecule has 0 saturated carbocycles. The Hall–Kier alpha value is -3.21. The lowest BCUT2D eigenvalue weighted by atomic mass is 10.2. The van der Waals surface area contributed by atoms with Crippen molar-refractivity contribution in [2.75, 3.05) is 5.43 Å². The Labute approximate surface area is 141 Å². The SMILES string of the molecule is Cc1cc(C)nc(N/N=C/c2cccc(Oc3ccccc3)c2)n1. The molecule has 0 aliphatic rings. The van der Waals surface area contributed by atoms with Crippen LogP contribution >= 0.6 is 0 Å². The van der Waals surface area contributed by atoms with Crippen LogP contribution in [0.1, 0.15) is 17.0 Å². The van der Waals surface area contributed by atoms with Gasteiger partial charge >= 0.3 is 0 Å². The van der Waals surface area contributed by atoms with Crippen LogP contribution in [0.15, 0.2) is 65.8 Å². The van der Waals surface area contributed by atoms with Gasteiger partial charge in [0.2, 0.25) is 5.95 Å². The maximum absolute atomic E-state index is 5.81. The highest BCUT2D eigenvalue weighted by Crippen LogP contribution is 2.21. The van der Waals surface area contributed by atoms with Crippen molar-refractivity contribution >= 4 is 12.2 Å². The number of rotatable bonds is 5. The average Bonchev–Trinajstić information content (AvgIpc) is 2.55. The summed E-state index contributed by atoms with van der Waals surface area (Å²) in [6.07, 6.45) is 1.71. The van der Waals surface area contributed by atoms with Gasteiger partial charge in [-0.2, -0.15) is 5.10 Å². The van der Waals surface area contributed by atoms with Crippen molar-refractivity contribution < 1.29 is 4.74 Å². The van der Waals surface area contributed by atoms with Crippen molar-refractivity contribution in [2.45, 2.75) is 13.8 Å². The molecule has 0 spiro atoms. The van der Waals surface area contributed by atoms with E-state index < -0.39 is 0 Å². The number of benzene rings is 2. The molecule has 5 nitrogen and oxygen atoms in total. The normalized spacial score (nSPS) is 10.8. The van der Waals surface area contributed by atoms with Crippen LogP contribution in [0.4, 0.5) is 5.95 Å². The predicted octanol–water partition coefficient (Wildman–Crippen LogP) is 4.33. The number of anilines is 1. The molecule has 1 aromatic heterocycles. The monoisotopic (exact) mass is 318 g/mol. The highest BCUT2D eigenvalue weighted by atomic mass is 16.5. The van der Waals surface area contributed by atoms with Gasteiger partial charge < -0.3 is 4.74 Å². The van der Waals surface area contributed by atoms with Gasteiger partial charge in [0.15, 0.2) is 0 Å². The second-order valence-electron chi connectivity index (χ2n) is 5.33. The molecule has 0 aliphatic carbocycles. The Morgan fingerprint density at radius 1 is 0.875 bits per heavy atom. The van der Waals surface area contributed by atoms with Gasteiger partial charge in [0.05, 0.1) is 6.21 Å². The van der Waals surface area contributed by atoms with Crippen molar-refractivity contribution in [1.29, 1.82) is 0 Å². The number of para-hydroxylation sites is 1. The van der Waals surface area contributed by atoms with Crippen LogP contribution in [-0.2, 0) is 0 Å². The van der Waals surface area contributed by atoms with Gasteiger partial charge in [0.25, 0.3) is 0 Å². The van der Waals surface area contributed by atoms with Crippen LogP contribution in [-0.4, -0.2) is 16.2 Å². The number of ether oxygens (including phenoxy) is 1. The number of aryl methyl sites for hydroxylation is 2. The number of nitrogens with zero attached hydrogens (tertiary/aromatic N) is 3. The fraction of sp³-hybridized carbons (Fsp3) is 0.105. The van der Waals surface area contributed by atoms with E-state index in [0.29, 0.717) is 5.95 Å². The topological polar surface area (TPSA) is 59.4 Å². The first-order valence-corrected chi connectivity index (χ1v) is 7.63. The van der Waals surface area contributed by atoms with Crippen LogP contribution in [0, 0.1) is 13.8 Å². The summed E-state index contributed by atoms with van der Waals surface area (Å²) in [5.41, 5.74) is 5.57. The van der Waals surface area contributed by atoms with Crippen molar-refractivity contribution in [1.82, 2.24) is 9.97 Å². The lowest BCUT2D eigenvalue weighted by Gasteiger charge is -2.06. The zero-order valence-corrected chi connectivity index (χ0v) is 13.6. The third-order valence-corrected chi connectivity index (χ3v) is 3.20. The van der Waals surface area contributed by atoms with Crippen LogP contribution in [0.25, 0.3) is 0 Å². The molecule has 3 rings (SSSR count). The summed E-state index contributed by atoms with van der Waals surface area (Å²) >= 11 is 0. The molecule has 24 heavy (non-hydrogen) atoms. The highest BCUT2D eigenvalue weighted by Gasteiger charge is 1.99. The van der Waals surface area contributed by atoms with Crippen LogP contribution < -0.4 is 10.2 Å². The predicted molar refractivity (Wildman–Crippen MR) is 95.7 cm³/mol. The third kappa shape index (κ3) is 4.39. The molecule has 5 heteroatoms. The van der Waals surface area contributed by atoms with Gasteiger partial charge in [-0.05, 0) is 49.7 Å². The molecule has 120 valence electrons. The summed E-state index contributed by atoms with van der Waals surface area (Å²) in [4.78, 5) is 8.56. The molecule has 2 aromatic carbocycles. The van der Waals surface area contributed by atoms with Gasteiger partial charge in [0, 0.05) is 11.4 Å². The average molecular weight is 318 g/mol. The van der Waals surface area contributed by atoms with E-state index in [1.54, 1.807) is 6.21 Å². The number of hydrogen-bond acceptors (Lipinski definition) is 5. The third-order valence-electron chi connectivity index (χ3n) is 3.20. The molecule has 0 bridgehead atoms. The minimum Gasteiger partial charge on any atom is -0.457 e. The Bertz CT molecular complexity index is 827. The molecule has 0 atom stereocenters. The first-order valence-electron chi connectivity index (χ1n) is 7.63. The smallest absolute Gasteiger partial charge is 0.243 e. The molecule has 1 heterocycles. The lowest BCUT2D eigenvalue weighted by Crippen LogP contribution is -1.99. The van der Waals surface area contributed by atoms with E-state index in [0.717, 1.165) is 28.5 Å². The van der Waals surface area contributed by atoms with E-state index in [-0.39, 0.29) is 0 Å².